The van der Waals surface area contributed by atoms with Crippen LogP contribution in [-0.2, 0) is 4.79 Å². The van der Waals surface area contributed by atoms with Crippen LogP contribution >= 0.6 is 0 Å². The second-order valence-electron chi connectivity index (χ2n) is 4.40. The molecule has 0 aromatic carbocycles. The topological polar surface area (TPSA) is 29.1 Å². The van der Waals surface area contributed by atoms with Crippen molar-refractivity contribution in [2.75, 3.05) is 13.6 Å². The van der Waals surface area contributed by atoms with E-state index in [9.17, 15) is 4.79 Å². The predicted octanol–water partition coefficient (Wildman–Crippen LogP) is 2.38. The van der Waals surface area contributed by atoms with E-state index in [2.05, 4.69) is 12.2 Å². The van der Waals surface area contributed by atoms with Crippen molar-refractivity contribution in [3.05, 3.63) is 0 Å². The third-order valence-corrected chi connectivity index (χ3v) is 3.35. The van der Waals surface area contributed by atoms with Gasteiger partial charge in [0.2, 0.25) is 0 Å². The predicted molar refractivity (Wildman–Crippen MR) is 59.3 cm³/mol. The van der Waals surface area contributed by atoms with E-state index in [0.717, 1.165) is 25.8 Å². The summed E-state index contributed by atoms with van der Waals surface area (Å²) in [5.74, 6) is 1.15. The van der Waals surface area contributed by atoms with E-state index in [-0.39, 0.29) is 5.92 Å². The lowest BCUT2D eigenvalue weighted by Gasteiger charge is -2.24. The molecule has 1 fully saturated rings. The SMILES string of the molecule is CCC(CNC)C(=O)C1CCCCC1. The van der Waals surface area contributed by atoms with Gasteiger partial charge in [0, 0.05) is 18.4 Å². The van der Waals surface area contributed by atoms with Gasteiger partial charge in [0.1, 0.15) is 5.78 Å². The molecule has 1 saturated carbocycles. The van der Waals surface area contributed by atoms with Gasteiger partial charge in [-0.3, -0.25) is 4.79 Å². The van der Waals surface area contributed by atoms with Crippen LogP contribution in [0.5, 0.6) is 0 Å². The fourth-order valence-electron chi connectivity index (χ4n) is 2.41. The molecule has 14 heavy (non-hydrogen) atoms. The van der Waals surface area contributed by atoms with Crippen molar-refractivity contribution in [1.29, 1.82) is 0 Å². The Hall–Kier alpha value is -0.370. The van der Waals surface area contributed by atoms with Crippen LogP contribution in [0.4, 0.5) is 0 Å². The van der Waals surface area contributed by atoms with Crippen LogP contribution in [0.15, 0.2) is 0 Å². The van der Waals surface area contributed by atoms with E-state index in [1.165, 1.54) is 19.3 Å². The number of rotatable bonds is 5. The average molecular weight is 197 g/mol. The third kappa shape index (κ3) is 3.09. The van der Waals surface area contributed by atoms with Gasteiger partial charge in [-0.2, -0.15) is 0 Å². The van der Waals surface area contributed by atoms with Crippen LogP contribution in [0.2, 0.25) is 0 Å². The second kappa shape index (κ2) is 6.18. The Morgan fingerprint density at radius 2 is 2.00 bits per heavy atom. The quantitative estimate of drug-likeness (QED) is 0.733. The number of Topliss-reactive ketones (excluding diaryl/α,β-unsaturated/α-hetero) is 1. The first-order chi connectivity index (χ1) is 6.79. The number of hydrogen-bond acceptors (Lipinski definition) is 2. The first kappa shape index (κ1) is 11.7. The zero-order valence-corrected chi connectivity index (χ0v) is 9.51. The summed E-state index contributed by atoms with van der Waals surface area (Å²) in [5, 5.41) is 3.12. The maximum atomic E-state index is 12.1. The van der Waals surface area contributed by atoms with Gasteiger partial charge in [0.15, 0.2) is 0 Å². The van der Waals surface area contributed by atoms with Gasteiger partial charge in [-0.1, -0.05) is 26.2 Å². The Morgan fingerprint density at radius 3 is 2.50 bits per heavy atom. The summed E-state index contributed by atoms with van der Waals surface area (Å²) in [6.45, 7) is 2.97. The van der Waals surface area contributed by atoms with E-state index in [1.54, 1.807) is 0 Å². The second-order valence-corrected chi connectivity index (χ2v) is 4.40. The average Bonchev–Trinajstić information content (AvgIpc) is 2.26. The van der Waals surface area contributed by atoms with Crippen molar-refractivity contribution >= 4 is 5.78 Å². The van der Waals surface area contributed by atoms with E-state index in [0.29, 0.717) is 11.7 Å². The summed E-state index contributed by atoms with van der Waals surface area (Å²) in [6.07, 6.45) is 7.10. The first-order valence-corrected chi connectivity index (χ1v) is 5.98. The maximum absolute atomic E-state index is 12.1. The Balaban J connectivity index is 2.43. The zero-order chi connectivity index (χ0) is 10.4. The molecule has 2 nitrogen and oxygen atoms in total. The molecule has 1 aliphatic rings. The van der Waals surface area contributed by atoms with Crippen molar-refractivity contribution in [3.63, 3.8) is 0 Å². The molecule has 1 aliphatic carbocycles. The fraction of sp³-hybridized carbons (Fsp3) is 0.917. The molecule has 0 saturated heterocycles. The Labute approximate surface area is 87.5 Å². The van der Waals surface area contributed by atoms with Gasteiger partial charge in [0.25, 0.3) is 0 Å². The van der Waals surface area contributed by atoms with Gasteiger partial charge < -0.3 is 5.32 Å². The molecule has 0 aliphatic heterocycles. The highest BCUT2D eigenvalue weighted by Gasteiger charge is 2.26. The summed E-state index contributed by atoms with van der Waals surface area (Å²) in [5.41, 5.74) is 0. The van der Waals surface area contributed by atoms with Gasteiger partial charge in [-0.15, -0.1) is 0 Å². The van der Waals surface area contributed by atoms with Gasteiger partial charge in [-0.05, 0) is 26.3 Å². The fourth-order valence-corrected chi connectivity index (χ4v) is 2.41. The molecule has 0 heterocycles. The monoisotopic (exact) mass is 197 g/mol. The van der Waals surface area contributed by atoms with E-state index < -0.39 is 0 Å². The van der Waals surface area contributed by atoms with Gasteiger partial charge in [-0.25, -0.2) is 0 Å². The minimum Gasteiger partial charge on any atom is -0.319 e. The highest BCUT2D eigenvalue weighted by Crippen LogP contribution is 2.27. The number of hydrogen-bond donors (Lipinski definition) is 1. The summed E-state index contributed by atoms with van der Waals surface area (Å²) in [7, 11) is 1.93. The van der Waals surface area contributed by atoms with Crippen LogP contribution < -0.4 is 5.32 Å². The number of nitrogens with one attached hydrogen (secondary N) is 1. The lowest BCUT2D eigenvalue weighted by molar-refractivity contribution is -0.127. The molecule has 0 aromatic rings. The lowest BCUT2D eigenvalue weighted by Crippen LogP contribution is -2.31. The maximum Gasteiger partial charge on any atom is 0.140 e. The number of carbonyl (C=O) groups is 1. The molecular weight excluding hydrogens is 174 g/mol. The molecule has 1 rings (SSSR count). The molecular formula is C12H23NO. The van der Waals surface area contributed by atoms with Crippen molar-refractivity contribution < 1.29 is 4.79 Å². The van der Waals surface area contributed by atoms with Crippen molar-refractivity contribution in [2.24, 2.45) is 11.8 Å². The Kier molecular flexibility index (Phi) is 5.16. The molecule has 1 atom stereocenters. The van der Waals surface area contributed by atoms with E-state index in [4.69, 9.17) is 0 Å². The van der Waals surface area contributed by atoms with Gasteiger partial charge in [0.05, 0.1) is 0 Å². The zero-order valence-electron chi connectivity index (χ0n) is 9.51. The number of ketones is 1. The molecule has 2 heteroatoms. The summed E-state index contributed by atoms with van der Waals surface area (Å²) in [6, 6.07) is 0. The molecule has 0 radical (unpaired) electrons. The summed E-state index contributed by atoms with van der Waals surface area (Å²) < 4.78 is 0. The molecule has 0 bridgehead atoms. The van der Waals surface area contributed by atoms with Crippen molar-refractivity contribution in [1.82, 2.24) is 5.32 Å². The lowest BCUT2D eigenvalue weighted by atomic mass is 9.81. The molecule has 1 N–H and O–H groups in total. The van der Waals surface area contributed by atoms with Crippen LogP contribution in [0.3, 0.4) is 0 Å². The van der Waals surface area contributed by atoms with E-state index in [1.807, 2.05) is 7.05 Å². The Morgan fingerprint density at radius 1 is 1.36 bits per heavy atom. The molecule has 0 spiro atoms. The highest BCUT2D eigenvalue weighted by atomic mass is 16.1. The summed E-state index contributed by atoms with van der Waals surface area (Å²) in [4.78, 5) is 12.1. The van der Waals surface area contributed by atoms with Crippen LogP contribution in [0.25, 0.3) is 0 Å². The standard InChI is InChI=1S/C12H23NO/c1-3-10(9-13-2)12(14)11-7-5-4-6-8-11/h10-11,13H,3-9H2,1-2H3. The summed E-state index contributed by atoms with van der Waals surface area (Å²) >= 11 is 0. The first-order valence-electron chi connectivity index (χ1n) is 5.98. The van der Waals surface area contributed by atoms with Crippen LogP contribution in [-0.4, -0.2) is 19.4 Å². The van der Waals surface area contributed by atoms with Crippen LogP contribution in [0, 0.1) is 11.8 Å². The van der Waals surface area contributed by atoms with E-state index >= 15 is 0 Å². The minimum absolute atomic E-state index is 0.253. The molecule has 82 valence electrons. The van der Waals surface area contributed by atoms with Crippen molar-refractivity contribution in [3.8, 4) is 0 Å². The Bertz CT molecular complexity index is 166. The largest absolute Gasteiger partial charge is 0.319 e. The normalized spacial score (nSPS) is 20.7. The molecule has 0 amide bonds. The van der Waals surface area contributed by atoms with Gasteiger partial charge >= 0.3 is 0 Å². The number of carbonyl (C=O) groups excluding carboxylic acids is 1. The molecule has 0 aromatic heterocycles. The van der Waals surface area contributed by atoms with Crippen molar-refractivity contribution in [2.45, 2.75) is 45.4 Å². The third-order valence-electron chi connectivity index (χ3n) is 3.35. The highest BCUT2D eigenvalue weighted by molar-refractivity contribution is 5.83. The minimum atomic E-state index is 0.253. The molecule has 1 unspecified atom stereocenters. The van der Waals surface area contributed by atoms with Crippen LogP contribution in [0.1, 0.15) is 45.4 Å². The smallest absolute Gasteiger partial charge is 0.140 e.